The molecule has 3 aromatic carbocycles. The molecule has 0 amide bonds. The lowest BCUT2D eigenvalue weighted by Gasteiger charge is -2.10. The van der Waals surface area contributed by atoms with Crippen molar-refractivity contribution >= 4 is 54.4 Å². The summed E-state index contributed by atoms with van der Waals surface area (Å²) in [7, 11) is -6.59. The molecule has 4 aromatic rings. The molecule has 3 N–H and O–H groups in total. The third-order valence-corrected chi connectivity index (χ3v) is 8.09. The van der Waals surface area contributed by atoms with Crippen molar-refractivity contribution in [3.8, 4) is 0 Å². The fourth-order valence-corrected chi connectivity index (χ4v) is 4.83. The van der Waals surface area contributed by atoms with Crippen molar-refractivity contribution in [1.29, 1.82) is 0 Å². The summed E-state index contributed by atoms with van der Waals surface area (Å²) in [5.41, 5.74) is 9.34. The van der Waals surface area contributed by atoms with Crippen LogP contribution in [0.1, 0.15) is 25.0 Å². The summed E-state index contributed by atoms with van der Waals surface area (Å²) >= 11 is 0. The van der Waals surface area contributed by atoms with E-state index in [1.807, 2.05) is 30.3 Å². The fourth-order valence-electron chi connectivity index (χ4n) is 3.57. The Morgan fingerprint density at radius 2 is 1.05 bits per heavy atom. The van der Waals surface area contributed by atoms with Gasteiger partial charge in [-0.05, 0) is 61.4 Å². The van der Waals surface area contributed by atoms with Crippen LogP contribution in [0.5, 0.6) is 0 Å². The molecule has 13 heteroatoms. The van der Waals surface area contributed by atoms with Crippen LogP contribution in [0.3, 0.4) is 0 Å². The number of hydrogen-bond donors (Lipinski definition) is 3. The summed E-state index contributed by atoms with van der Waals surface area (Å²) in [6.07, 6.45) is 2.32. The lowest BCUT2D eigenvalue weighted by atomic mass is 10.1. The molecule has 0 aliphatic heterocycles. The van der Waals surface area contributed by atoms with Gasteiger partial charge in [-0.15, -0.1) is 0 Å². The summed E-state index contributed by atoms with van der Waals surface area (Å²) < 4.78 is 47.0. The molecule has 0 saturated heterocycles. The number of nitrogens with zero attached hydrogens (tertiary/aromatic N) is 4. The zero-order valence-electron chi connectivity index (χ0n) is 22.8. The summed E-state index contributed by atoms with van der Waals surface area (Å²) in [6.45, 7) is 3.57. The SMILES string of the molecule is CC(=NNc1cc(NN=C(C)c2ccc(S(C)(=O)=O)cc2)nc(Nc2ccccc2)n1)c1ccc(S(C)(=O)=O)cc1. The molecule has 1 aromatic heterocycles. The van der Waals surface area contributed by atoms with E-state index >= 15 is 0 Å². The minimum Gasteiger partial charge on any atom is -0.324 e. The lowest BCUT2D eigenvalue weighted by molar-refractivity contribution is 0.600. The molecular formula is C28H29N7O4S2. The number of benzene rings is 3. The first-order valence-corrected chi connectivity index (χ1v) is 16.1. The van der Waals surface area contributed by atoms with E-state index < -0.39 is 19.7 Å². The molecule has 11 nitrogen and oxygen atoms in total. The third-order valence-electron chi connectivity index (χ3n) is 5.83. The Morgan fingerprint density at radius 1 is 0.634 bits per heavy atom. The van der Waals surface area contributed by atoms with Gasteiger partial charge in [0.05, 0.1) is 21.2 Å². The van der Waals surface area contributed by atoms with Gasteiger partial charge < -0.3 is 5.32 Å². The Kier molecular flexibility index (Phi) is 8.79. The van der Waals surface area contributed by atoms with E-state index in [2.05, 4.69) is 36.3 Å². The van der Waals surface area contributed by atoms with Crippen LogP contribution in [0.4, 0.5) is 23.3 Å². The molecule has 0 aliphatic carbocycles. The van der Waals surface area contributed by atoms with Crippen LogP contribution in [0.15, 0.2) is 105 Å². The monoisotopic (exact) mass is 591 g/mol. The number of sulfone groups is 2. The molecule has 0 radical (unpaired) electrons. The first-order valence-electron chi connectivity index (χ1n) is 12.3. The van der Waals surface area contributed by atoms with Crippen LogP contribution in [0, 0.1) is 0 Å². The van der Waals surface area contributed by atoms with Crippen LogP contribution < -0.4 is 16.2 Å². The quantitative estimate of drug-likeness (QED) is 0.176. The minimum absolute atomic E-state index is 0.229. The van der Waals surface area contributed by atoms with Crippen molar-refractivity contribution in [2.45, 2.75) is 23.6 Å². The van der Waals surface area contributed by atoms with Gasteiger partial charge in [-0.3, -0.25) is 10.9 Å². The zero-order valence-corrected chi connectivity index (χ0v) is 24.5. The fraction of sp³-hybridized carbons (Fsp3) is 0.143. The van der Waals surface area contributed by atoms with Gasteiger partial charge in [0.25, 0.3) is 0 Å². The maximum absolute atomic E-state index is 11.7. The van der Waals surface area contributed by atoms with Crippen molar-refractivity contribution in [1.82, 2.24) is 9.97 Å². The maximum Gasteiger partial charge on any atom is 0.231 e. The van der Waals surface area contributed by atoms with Gasteiger partial charge in [0.2, 0.25) is 5.95 Å². The maximum atomic E-state index is 11.7. The first-order chi connectivity index (χ1) is 19.4. The van der Waals surface area contributed by atoms with Gasteiger partial charge in [-0.25, -0.2) is 16.8 Å². The predicted octanol–water partition coefficient (Wildman–Crippen LogP) is 4.70. The van der Waals surface area contributed by atoms with Crippen molar-refractivity contribution < 1.29 is 16.8 Å². The Hall–Kier alpha value is -4.62. The van der Waals surface area contributed by atoms with Gasteiger partial charge >= 0.3 is 0 Å². The summed E-state index contributed by atoms with van der Waals surface area (Å²) in [5.74, 6) is 1.04. The number of nitrogens with one attached hydrogen (secondary N) is 3. The normalized spacial score (nSPS) is 12.6. The number of hydrogen-bond acceptors (Lipinski definition) is 11. The van der Waals surface area contributed by atoms with E-state index in [-0.39, 0.29) is 9.79 Å². The van der Waals surface area contributed by atoms with Gasteiger partial charge in [0, 0.05) is 24.3 Å². The number of hydrazone groups is 2. The van der Waals surface area contributed by atoms with E-state index in [9.17, 15) is 16.8 Å². The van der Waals surface area contributed by atoms with Crippen LogP contribution in [0.25, 0.3) is 0 Å². The number of aromatic nitrogens is 2. The van der Waals surface area contributed by atoms with Crippen molar-refractivity contribution in [3.63, 3.8) is 0 Å². The van der Waals surface area contributed by atoms with E-state index in [0.717, 1.165) is 29.3 Å². The standard InChI is InChI=1S/C28H29N7O4S2/c1-19(21-10-14-24(15-11-21)40(3,36)37)32-34-26-18-27(31-28(30-26)29-23-8-6-5-7-9-23)35-33-20(2)22-12-16-25(17-13-22)41(4,38)39/h5-18H,1-4H3,(H3,29,30,31,34,35). The van der Waals surface area contributed by atoms with E-state index in [1.54, 1.807) is 44.2 Å². The number of rotatable bonds is 10. The molecule has 212 valence electrons. The molecule has 1 heterocycles. The summed E-state index contributed by atoms with van der Waals surface area (Å²) in [5, 5.41) is 12.0. The zero-order chi connectivity index (χ0) is 29.6. The van der Waals surface area contributed by atoms with Gasteiger partial charge in [-0.2, -0.15) is 20.2 Å². The Labute approximate surface area is 239 Å². The molecule has 0 spiro atoms. The van der Waals surface area contributed by atoms with Crippen molar-refractivity contribution in [2.24, 2.45) is 10.2 Å². The van der Waals surface area contributed by atoms with Gasteiger partial charge in [0.1, 0.15) is 0 Å². The van der Waals surface area contributed by atoms with Gasteiger partial charge in [0.15, 0.2) is 31.3 Å². The molecule has 0 fully saturated rings. The summed E-state index contributed by atoms with van der Waals surface area (Å²) in [6, 6.07) is 23.9. The average molecular weight is 592 g/mol. The molecule has 0 saturated carbocycles. The third kappa shape index (κ3) is 8.19. The highest BCUT2D eigenvalue weighted by molar-refractivity contribution is 7.91. The number of anilines is 4. The number of para-hydroxylation sites is 1. The molecular weight excluding hydrogens is 562 g/mol. The highest BCUT2D eigenvalue weighted by Crippen LogP contribution is 2.19. The first kappa shape index (κ1) is 29.4. The average Bonchev–Trinajstić information content (AvgIpc) is 2.94. The highest BCUT2D eigenvalue weighted by Gasteiger charge is 2.10. The molecule has 0 bridgehead atoms. The topological polar surface area (TPSA) is 155 Å². The Morgan fingerprint density at radius 3 is 1.44 bits per heavy atom. The second-order valence-corrected chi connectivity index (χ2v) is 13.2. The van der Waals surface area contributed by atoms with E-state index in [0.29, 0.717) is 29.0 Å². The molecule has 4 rings (SSSR count). The van der Waals surface area contributed by atoms with Crippen LogP contribution in [-0.2, 0) is 19.7 Å². The van der Waals surface area contributed by atoms with E-state index in [1.165, 1.54) is 24.3 Å². The molecule has 41 heavy (non-hydrogen) atoms. The second kappa shape index (κ2) is 12.3. The predicted molar refractivity (Wildman–Crippen MR) is 163 cm³/mol. The second-order valence-electron chi connectivity index (χ2n) is 9.16. The van der Waals surface area contributed by atoms with E-state index in [4.69, 9.17) is 0 Å². The largest absolute Gasteiger partial charge is 0.324 e. The molecule has 0 aliphatic rings. The van der Waals surface area contributed by atoms with Crippen LogP contribution >= 0.6 is 0 Å². The molecule has 0 atom stereocenters. The van der Waals surface area contributed by atoms with Crippen LogP contribution in [-0.4, -0.2) is 50.7 Å². The lowest BCUT2D eigenvalue weighted by Crippen LogP contribution is -2.07. The minimum atomic E-state index is -3.29. The molecule has 0 unspecified atom stereocenters. The summed E-state index contributed by atoms with van der Waals surface area (Å²) in [4.78, 5) is 9.45. The Balaban J connectivity index is 1.58. The van der Waals surface area contributed by atoms with Crippen molar-refractivity contribution in [3.05, 3.63) is 96.1 Å². The van der Waals surface area contributed by atoms with Crippen LogP contribution in [0.2, 0.25) is 0 Å². The Bertz CT molecular complexity index is 1690. The smallest absolute Gasteiger partial charge is 0.231 e. The van der Waals surface area contributed by atoms with Crippen molar-refractivity contribution in [2.75, 3.05) is 28.7 Å². The highest BCUT2D eigenvalue weighted by atomic mass is 32.2. The van der Waals surface area contributed by atoms with Gasteiger partial charge in [-0.1, -0.05) is 42.5 Å².